The van der Waals surface area contributed by atoms with Crippen molar-refractivity contribution in [3.63, 3.8) is 0 Å². The summed E-state index contributed by atoms with van der Waals surface area (Å²) >= 11 is 0. The van der Waals surface area contributed by atoms with Crippen LogP contribution < -0.4 is 18.9 Å². The summed E-state index contributed by atoms with van der Waals surface area (Å²) in [6.07, 6.45) is 5.31. The number of ether oxygens (including phenoxy) is 4. The van der Waals surface area contributed by atoms with Gasteiger partial charge in [0.1, 0.15) is 77.0 Å². The van der Waals surface area contributed by atoms with Crippen LogP contribution in [0.3, 0.4) is 0 Å². The molecule has 0 aliphatic heterocycles. The lowest BCUT2D eigenvalue weighted by Gasteiger charge is -2.36. The molecule has 8 nitrogen and oxygen atoms in total. The molecule has 1 aliphatic carbocycles. The van der Waals surface area contributed by atoms with Crippen molar-refractivity contribution in [2.45, 2.75) is 212 Å². The molecule has 472 valence electrons. The average Bonchev–Trinajstić information content (AvgIpc) is 2.75. The fraction of sp³-hybridized carbons (Fsp3) is 0.667. The van der Waals surface area contributed by atoms with Gasteiger partial charge in [0.2, 0.25) is 0 Å². The van der Waals surface area contributed by atoms with Crippen LogP contribution in [0, 0.1) is 21.7 Å². The first-order chi connectivity index (χ1) is 37.5. The van der Waals surface area contributed by atoms with Crippen molar-refractivity contribution in [1.29, 1.82) is 0 Å². The van der Waals surface area contributed by atoms with E-state index < -0.39 is 28.6 Å². The van der Waals surface area contributed by atoms with Gasteiger partial charge in [-0.3, -0.25) is 0 Å². The van der Waals surface area contributed by atoms with E-state index in [2.05, 4.69) is 187 Å². The van der Waals surface area contributed by atoms with Gasteiger partial charge < -0.3 is 37.2 Å². The van der Waals surface area contributed by atoms with E-state index in [-0.39, 0.29) is 68.7 Å². The summed E-state index contributed by atoms with van der Waals surface area (Å²) in [7, 11) is -11.0. The monoisotopic (exact) mass is 1230 g/mol. The lowest BCUT2D eigenvalue weighted by atomic mass is 9.70. The predicted octanol–water partition coefficient (Wildman–Crippen LogP) is 21.1. The van der Waals surface area contributed by atoms with Gasteiger partial charge in [0.25, 0.3) is 0 Å². The Morgan fingerprint density at radius 1 is 0.274 bits per heavy atom. The summed E-state index contributed by atoms with van der Waals surface area (Å²) in [4.78, 5) is 0. The van der Waals surface area contributed by atoms with Crippen molar-refractivity contribution >= 4 is 28.6 Å². The third-order valence-corrected chi connectivity index (χ3v) is 18.6. The van der Waals surface area contributed by atoms with Gasteiger partial charge in [0.15, 0.2) is 0 Å². The quantitative estimate of drug-likeness (QED) is 0.0710. The van der Waals surface area contributed by atoms with E-state index in [1.165, 1.54) is 0 Å². The maximum absolute atomic E-state index is 14.0. The fourth-order valence-corrected chi connectivity index (χ4v) is 15.5. The summed E-state index contributed by atoms with van der Waals surface area (Å²) in [5.41, 5.74) is 10.9. The van der Waals surface area contributed by atoms with Crippen molar-refractivity contribution in [2.75, 3.05) is 78.7 Å². The maximum atomic E-state index is 14.0. The Morgan fingerprint density at radius 2 is 0.405 bits per heavy atom. The van der Waals surface area contributed by atoms with Gasteiger partial charge >= 0.3 is 0 Å². The van der Waals surface area contributed by atoms with Gasteiger partial charge in [-0.1, -0.05) is 187 Å². The van der Waals surface area contributed by atoms with Gasteiger partial charge in [0.05, 0.1) is 0 Å². The first-order valence-corrected chi connectivity index (χ1v) is 42.0. The molecule has 12 heteroatoms. The Hall–Kier alpha value is -3.00. The fourth-order valence-electron chi connectivity index (χ4n) is 13.8. The summed E-state index contributed by atoms with van der Waals surface area (Å²) < 4.78 is 84.7. The zero-order chi connectivity index (χ0) is 64.2. The van der Waals surface area contributed by atoms with Crippen LogP contribution in [-0.4, -0.2) is 78.7 Å². The van der Waals surface area contributed by atoms with Crippen molar-refractivity contribution in [3.8, 4) is 23.0 Å². The molecule has 0 spiro atoms. The second kappa shape index (κ2) is 25.1. The minimum Gasteiger partial charge on any atom is -0.485 e. The summed E-state index contributed by atoms with van der Waals surface area (Å²) in [6.45, 7) is 60.6. The van der Waals surface area contributed by atoms with Crippen molar-refractivity contribution in [1.82, 2.24) is 0 Å². The Bertz CT molecular complexity index is 2690. The lowest BCUT2D eigenvalue weighted by molar-refractivity contribution is 0.283. The number of hydrogen-bond donors (Lipinski definition) is 0. The molecule has 0 aromatic heterocycles. The molecule has 5 rings (SSSR count). The molecule has 0 saturated heterocycles. The van der Waals surface area contributed by atoms with Crippen molar-refractivity contribution in [3.05, 3.63) is 115 Å². The molecule has 0 heterocycles. The highest BCUT2D eigenvalue weighted by atomic mass is 31.2. The van der Waals surface area contributed by atoms with E-state index in [1.54, 1.807) is 53.3 Å². The van der Waals surface area contributed by atoms with Crippen LogP contribution in [0.15, 0.2) is 48.5 Å². The first-order valence-electron chi connectivity index (χ1n) is 30.8. The van der Waals surface area contributed by atoms with Crippen LogP contribution in [0.1, 0.15) is 231 Å². The zero-order valence-corrected chi connectivity index (χ0v) is 61.7. The van der Waals surface area contributed by atoms with E-state index in [0.717, 1.165) is 92.4 Å². The number of benzene rings is 4. The Kier molecular flexibility index (Phi) is 21.5. The van der Waals surface area contributed by atoms with Gasteiger partial charge in [-0.2, -0.15) is 0 Å². The molecule has 0 fully saturated rings. The molecule has 0 atom stereocenters. The minimum absolute atomic E-state index is 0.0104. The number of hydrogen-bond acceptors (Lipinski definition) is 8. The highest BCUT2D eigenvalue weighted by Crippen LogP contribution is 2.51. The summed E-state index contributed by atoms with van der Waals surface area (Å²) in [5, 5.41) is 0. The summed E-state index contributed by atoms with van der Waals surface area (Å²) in [5.74, 6) is 2.74. The van der Waals surface area contributed by atoms with Crippen LogP contribution >= 0.6 is 28.6 Å². The molecule has 84 heavy (non-hydrogen) atoms. The Balaban J connectivity index is 2.21. The molecule has 0 saturated carbocycles. The second-order valence-electron chi connectivity index (χ2n) is 35.1. The van der Waals surface area contributed by atoms with Crippen LogP contribution in [-0.2, 0) is 65.6 Å². The molecule has 4 aromatic carbocycles. The SMILES string of the molecule is CC(C)(C)CC(C)(C)c1cc2c(OCP(C)(C)=O)c(c1)Cc1cc(C(C)(C)CC(C)(C)C)cc(c1OCP(C)(C)=O)Cc1cc(C(C)(C)CC(C)(C)C)cc(c1OCP(C)(C)=O)Cc1cc(C(C)(C)CC(C)(C)C)cc(c1OCP(C)(C)=O)C2. The van der Waals surface area contributed by atoms with Crippen molar-refractivity contribution in [2.24, 2.45) is 21.7 Å². The van der Waals surface area contributed by atoms with Crippen LogP contribution in [0.25, 0.3) is 0 Å². The van der Waals surface area contributed by atoms with Crippen LogP contribution in [0.2, 0.25) is 0 Å². The van der Waals surface area contributed by atoms with E-state index in [9.17, 15) is 18.3 Å². The Labute approximate surface area is 513 Å². The average molecular weight is 1230 g/mol. The highest BCUT2D eigenvalue weighted by Gasteiger charge is 2.37. The standard InChI is InChI=1S/C72H116O8P4/c1-65(2,3)41-69(13,14)57-33-49-29-51-35-58(70(15,16)42-66(4,5)6)37-53(62(51)78-46-82(23,24)74)31-55-39-60(72(19,20)44-68(10,11)12)40-56(64(55)80-48-84(27,28)76)32-54-38-59(71(17,18)43-67(7,8)9)36-52(63(54)79-47-83(25,26)75)30-50(34-57)61(49)77-45-81(21,22)73/h33-40H,29-32,41-48H2,1-28H3. The largest absolute Gasteiger partial charge is 0.485 e. The second-order valence-corrected chi connectivity index (χ2v) is 48.7. The topological polar surface area (TPSA) is 105 Å². The van der Waals surface area contributed by atoms with E-state index in [0.29, 0.717) is 48.7 Å². The molecule has 8 bridgehead atoms. The molecule has 0 unspecified atom stereocenters. The molecular formula is C72H116O8P4. The molecule has 0 N–H and O–H groups in total. The third-order valence-electron chi connectivity index (χ3n) is 15.6. The highest BCUT2D eigenvalue weighted by molar-refractivity contribution is 7.63. The van der Waals surface area contributed by atoms with Crippen molar-refractivity contribution < 1.29 is 37.2 Å². The van der Waals surface area contributed by atoms with Gasteiger partial charge in [-0.25, -0.2) is 0 Å². The van der Waals surface area contributed by atoms with E-state index >= 15 is 0 Å². The maximum Gasteiger partial charge on any atom is 0.140 e. The van der Waals surface area contributed by atoms with Gasteiger partial charge in [-0.15, -0.1) is 0 Å². The predicted molar refractivity (Wildman–Crippen MR) is 365 cm³/mol. The number of rotatable bonds is 20. The van der Waals surface area contributed by atoms with Crippen LogP contribution in [0.4, 0.5) is 0 Å². The third kappa shape index (κ3) is 21.6. The smallest absolute Gasteiger partial charge is 0.140 e. The first kappa shape index (κ1) is 71.8. The normalized spacial score (nSPS) is 14.8. The molecular weight excluding hydrogens is 1120 g/mol. The van der Waals surface area contributed by atoms with E-state index in [4.69, 9.17) is 18.9 Å². The minimum atomic E-state index is -2.75. The van der Waals surface area contributed by atoms with Crippen LogP contribution in [0.5, 0.6) is 23.0 Å². The van der Waals surface area contributed by atoms with Gasteiger partial charge in [-0.05, 0) is 189 Å². The lowest BCUT2D eigenvalue weighted by Crippen LogP contribution is -2.26. The molecule has 4 aromatic rings. The molecule has 0 radical (unpaired) electrons. The zero-order valence-electron chi connectivity index (χ0n) is 58.2. The van der Waals surface area contributed by atoms with Gasteiger partial charge in [0, 0.05) is 25.7 Å². The number of fused-ring (bicyclic) bond motifs is 8. The molecule has 0 amide bonds. The Morgan fingerprint density at radius 3 is 0.512 bits per heavy atom. The summed E-state index contributed by atoms with van der Waals surface area (Å²) in [6, 6.07) is 18.6. The molecule has 1 aliphatic rings. The van der Waals surface area contributed by atoms with E-state index in [1.807, 2.05) is 0 Å².